The normalized spacial score (nSPS) is 21.9. The molecule has 1 aliphatic carbocycles. The van der Waals surface area contributed by atoms with Gasteiger partial charge in [0.1, 0.15) is 0 Å². The molecule has 1 amide bonds. The SMILES string of the molecule is CC(C)C(=O)N1CCCC(c2nc(CCOCC3CC3)no2)C1. The smallest absolute Gasteiger partial charge is 0.231 e. The van der Waals surface area contributed by atoms with Gasteiger partial charge in [-0.05, 0) is 31.6 Å². The van der Waals surface area contributed by atoms with E-state index < -0.39 is 0 Å². The van der Waals surface area contributed by atoms with Gasteiger partial charge in [-0.15, -0.1) is 0 Å². The molecule has 2 aliphatic rings. The van der Waals surface area contributed by atoms with Crippen molar-refractivity contribution in [3.8, 4) is 0 Å². The van der Waals surface area contributed by atoms with E-state index >= 15 is 0 Å². The van der Waals surface area contributed by atoms with Crippen molar-refractivity contribution in [3.63, 3.8) is 0 Å². The Hall–Kier alpha value is -1.43. The first-order chi connectivity index (χ1) is 11.1. The lowest BCUT2D eigenvalue weighted by Gasteiger charge is -2.32. The number of hydrogen-bond acceptors (Lipinski definition) is 5. The zero-order valence-corrected chi connectivity index (χ0v) is 14.2. The third kappa shape index (κ3) is 4.53. The number of hydrogen-bond donors (Lipinski definition) is 0. The van der Waals surface area contributed by atoms with Crippen LogP contribution in [-0.4, -0.2) is 47.3 Å². The van der Waals surface area contributed by atoms with E-state index in [-0.39, 0.29) is 17.7 Å². The van der Waals surface area contributed by atoms with Gasteiger partial charge in [0.25, 0.3) is 0 Å². The van der Waals surface area contributed by atoms with Crippen molar-refractivity contribution < 1.29 is 14.1 Å². The van der Waals surface area contributed by atoms with Gasteiger partial charge in [0.15, 0.2) is 5.82 Å². The number of piperidine rings is 1. The van der Waals surface area contributed by atoms with E-state index in [1.54, 1.807) is 0 Å². The van der Waals surface area contributed by atoms with E-state index in [1.165, 1.54) is 12.8 Å². The molecule has 0 N–H and O–H groups in total. The summed E-state index contributed by atoms with van der Waals surface area (Å²) in [6, 6.07) is 0. The van der Waals surface area contributed by atoms with Crippen molar-refractivity contribution in [2.75, 3.05) is 26.3 Å². The lowest BCUT2D eigenvalue weighted by atomic mass is 9.97. The molecule has 1 saturated carbocycles. The van der Waals surface area contributed by atoms with E-state index in [2.05, 4.69) is 10.1 Å². The molecule has 1 aromatic heterocycles. The Morgan fingerprint density at radius 3 is 2.96 bits per heavy atom. The first-order valence-electron chi connectivity index (χ1n) is 8.82. The highest BCUT2D eigenvalue weighted by molar-refractivity contribution is 5.78. The molecule has 0 bridgehead atoms. The fourth-order valence-corrected chi connectivity index (χ4v) is 2.98. The van der Waals surface area contributed by atoms with Gasteiger partial charge in [0.05, 0.1) is 12.5 Å². The number of amides is 1. The molecule has 2 heterocycles. The zero-order valence-electron chi connectivity index (χ0n) is 14.2. The lowest BCUT2D eigenvalue weighted by molar-refractivity contribution is -0.135. The molecule has 0 radical (unpaired) electrons. The number of ether oxygens (including phenoxy) is 1. The minimum atomic E-state index is 0.0376. The summed E-state index contributed by atoms with van der Waals surface area (Å²) in [5, 5.41) is 4.06. The van der Waals surface area contributed by atoms with Crippen LogP contribution in [0.15, 0.2) is 4.52 Å². The highest BCUT2D eigenvalue weighted by Gasteiger charge is 2.29. The van der Waals surface area contributed by atoms with Crippen molar-refractivity contribution in [3.05, 3.63) is 11.7 Å². The highest BCUT2D eigenvalue weighted by Crippen LogP contribution is 2.29. The maximum Gasteiger partial charge on any atom is 0.231 e. The monoisotopic (exact) mass is 321 g/mol. The van der Waals surface area contributed by atoms with Crippen LogP contribution in [0.4, 0.5) is 0 Å². The number of carbonyl (C=O) groups excluding carboxylic acids is 1. The third-order valence-corrected chi connectivity index (χ3v) is 4.58. The Morgan fingerprint density at radius 2 is 2.22 bits per heavy atom. The van der Waals surface area contributed by atoms with E-state index in [4.69, 9.17) is 9.26 Å². The summed E-state index contributed by atoms with van der Waals surface area (Å²) in [6.07, 6.45) is 5.30. The van der Waals surface area contributed by atoms with E-state index in [1.807, 2.05) is 18.7 Å². The van der Waals surface area contributed by atoms with Gasteiger partial charge in [0, 0.05) is 32.0 Å². The Bertz CT molecular complexity index is 525. The first-order valence-corrected chi connectivity index (χ1v) is 8.82. The molecule has 0 aromatic carbocycles. The summed E-state index contributed by atoms with van der Waals surface area (Å²) in [4.78, 5) is 18.6. The summed E-state index contributed by atoms with van der Waals surface area (Å²) < 4.78 is 11.0. The standard InChI is InChI=1S/C17H27N3O3/c1-12(2)17(21)20-8-3-4-14(10-20)16-18-15(19-23-16)7-9-22-11-13-5-6-13/h12-14H,3-11H2,1-2H3. The quantitative estimate of drug-likeness (QED) is 0.721. The molecular formula is C17H27N3O3. The Morgan fingerprint density at radius 1 is 1.39 bits per heavy atom. The van der Waals surface area contributed by atoms with Crippen LogP contribution < -0.4 is 0 Å². The summed E-state index contributed by atoms with van der Waals surface area (Å²) >= 11 is 0. The molecule has 6 nitrogen and oxygen atoms in total. The van der Waals surface area contributed by atoms with Gasteiger partial charge in [-0.25, -0.2) is 0 Å². The van der Waals surface area contributed by atoms with Gasteiger partial charge in [-0.1, -0.05) is 19.0 Å². The average Bonchev–Trinajstić information content (AvgIpc) is 3.27. The zero-order chi connectivity index (χ0) is 16.2. The third-order valence-electron chi connectivity index (χ3n) is 4.58. The van der Waals surface area contributed by atoms with Gasteiger partial charge in [-0.2, -0.15) is 4.98 Å². The van der Waals surface area contributed by atoms with E-state index in [0.29, 0.717) is 31.3 Å². The Labute approximate surface area is 137 Å². The predicted octanol–water partition coefficient (Wildman–Crippen LogP) is 2.40. The number of carbonyl (C=O) groups is 1. The molecule has 1 atom stereocenters. The molecule has 23 heavy (non-hydrogen) atoms. The molecule has 1 unspecified atom stereocenters. The average molecular weight is 321 g/mol. The van der Waals surface area contributed by atoms with Crippen LogP contribution >= 0.6 is 0 Å². The Kier molecular flexibility index (Phi) is 5.30. The van der Waals surface area contributed by atoms with Crippen LogP contribution in [-0.2, 0) is 16.0 Å². The summed E-state index contributed by atoms with van der Waals surface area (Å²) in [6.45, 7) is 6.93. The molecule has 3 rings (SSSR count). The second-order valence-electron chi connectivity index (χ2n) is 7.10. The van der Waals surface area contributed by atoms with Crippen LogP contribution in [0.1, 0.15) is 57.2 Å². The van der Waals surface area contributed by atoms with Crippen LogP contribution in [0.3, 0.4) is 0 Å². The number of aromatic nitrogens is 2. The minimum absolute atomic E-state index is 0.0376. The summed E-state index contributed by atoms with van der Waals surface area (Å²) in [5.74, 6) is 2.58. The van der Waals surface area contributed by atoms with Crippen molar-refractivity contribution in [2.24, 2.45) is 11.8 Å². The molecule has 6 heteroatoms. The fourth-order valence-electron chi connectivity index (χ4n) is 2.98. The topological polar surface area (TPSA) is 68.5 Å². The molecule has 2 fully saturated rings. The Balaban J connectivity index is 1.49. The van der Waals surface area contributed by atoms with Crippen LogP contribution in [0.5, 0.6) is 0 Å². The molecule has 1 saturated heterocycles. The van der Waals surface area contributed by atoms with Crippen LogP contribution in [0.25, 0.3) is 0 Å². The van der Waals surface area contributed by atoms with Gasteiger partial charge < -0.3 is 14.2 Å². The maximum atomic E-state index is 12.2. The molecule has 1 aromatic rings. The number of nitrogens with zero attached hydrogens (tertiary/aromatic N) is 3. The second kappa shape index (κ2) is 7.43. The van der Waals surface area contributed by atoms with Crippen molar-refractivity contribution in [1.82, 2.24) is 15.0 Å². The van der Waals surface area contributed by atoms with E-state index in [0.717, 1.165) is 31.9 Å². The maximum absolute atomic E-state index is 12.2. The largest absolute Gasteiger partial charge is 0.381 e. The predicted molar refractivity (Wildman–Crippen MR) is 84.9 cm³/mol. The van der Waals surface area contributed by atoms with E-state index in [9.17, 15) is 4.79 Å². The second-order valence-corrected chi connectivity index (χ2v) is 7.10. The van der Waals surface area contributed by atoms with Gasteiger partial charge in [0.2, 0.25) is 11.8 Å². The molecule has 128 valence electrons. The molecule has 0 spiro atoms. The number of rotatable bonds is 7. The summed E-state index contributed by atoms with van der Waals surface area (Å²) in [5.41, 5.74) is 0. The fraction of sp³-hybridized carbons (Fsp3) is 0.824. The highest BCUT2D eigenvalue weighted by atomic mass is 16.5. The lowest BCUT2D eigenvalue weighted by Crippen LogP contribution is -2.41. The van der Waals surface area contributed by atoms with Gasteiger partial charge >= 0.3 is 0 Å². The number of likely N-dealkylation sites (tertiary alicyclic amines) is 1. The van der Waals surface area contributed by atoms with Crippen molar-refractivity contribution in [1.29, 1.82) is 0 Å². The molecular weight excluding hydrogens is 294 g/mol. The van der Waals surface area contributed by atoms with Crippen molar-refractivity contribution in [2.45, 2.75) is 51.9 Å². The summed E-state index contributed by atoms with van der Waals surface area (Å²) in [7, 11) is 0. The minimum Gasteiger partial charge on any atom is -0.381 e. The first kappa shape index (κ1) is 16.4. The van der Waals surface area contributed by atoms with Crippen LogP contribution in [0.2, 0.25) is 0 Å². The van der Waals surface area contributed by atoms with Crippen molar-refractivity contribution >= 4 is 5.91 Å². The van der Waals surface area contributed by atoms with Gasteiger partial charge in [-0.3, -0.25) is 4.79 Å². The van der Waals surface area contributed by atoms with Crippen LogP contribution in [0, 0.1) is 11.8 Å². The molecule has 1 aliphatic heterocycles.